The molecule has 0 saturated carbocycles. The van der Waals surface area contributed by atoms with E-state index in [1.807, 2.05) is 13.8 Å². The van der Waals surface area contributed by atoms with Gasteiger partial charge in [-0.25, -0.2) is 8.42 Å². The lowest BCUT2D eigenvalue weighted by Gasteiger charge is -2.30. The van der Waals surface area contributed by atoms with E-state index < -0.39 is 9.05 Å². The first-order chi connectivity index (χ1) is 9.88. The Morgan fingerprint density at radius 2 is 2.05 bits per heavy atom. The second-order valence-corrected chi connectivity index (χ2v) is 7.40. The summed E-state index contributed by atoms with van der Waals surface area (Å²) in [6.07, 6.45) is 0.536. The second-order valence-electron chi connectivity index (χ2n) is 4.84. The predicted octanol–water partition coefficient (Wildman–Crippen LogP) is 2.35. The molecule has 1 unspecified atom stereocenters. The summed E-state index contributed by atoms with van der Waals surface area (Å²) in [5.41, 5.74) is 0.597. The topological polar surface area (TPSA) is 63.7 Å². The lowest BCUT2D eigenvalue weighted by Crippen LogP contribution is -2.36. The van der Waals surface area contributed by atoms with Crippen LogP contribution >= 0.6 is 10.7 Å². The molecule has 5 nitrogen and oxygen atoms in total. The minimum atomic E-state index is -3.83. The molecule has 2 rings (SSSR count). The third kappa shape index (κ3) is 3.32. The van der Waals surface area contributed by atoms with E-state index in [4.69, 9.17) is 15.4 Å². The summed E-state index contributed by atoms with van der Waals surface area (Å²) in [7, 11) is 1.56. The van der Waals surface area contributed by atoms with E-state index in [1.165, 1.54) is 12.1 Å². The lowest BCUT2D eigenvalue weighted by atomic mass is 9.91. The van der Waals surface area contributed by atoms with Gasteiger partial charge in [-0.3, -0.25) is 4.79 Å². The molecule has 0 aliphatic carbocycles. The van der Waals surface area contributed by atoms with Crippen molar-refractivity contribution in [3.63, 3.8) is 0 Å². The molecule has 0 bridgehead atoms. The fourth-order valence-corrected chi connectivity index (χ4v) is 3.32. The number of hydrogen-bond acceptors (Lipinski definition) is 4. The maximum atomic E-state index is 12.6. The van der Waals surface area contributed by atoms with Crippen molar-refractivity contribution in [2.24, 2.45) is 0 Å². The van der Waals surface area contributed by atoms with Gasteiger partial charge in [-0.2, -0.15) is 0 Å². The summed E-state index contributed by atoms with van der Waals surface area (Å²) in [5, 5.41) is 0. The first kappa shape index (κ1) is 16.1. The maximum Gasteiger partial charge on any atom is 0.261 e. The zero-order chi connectivity index (χ0) is 15.6. The Balaban J connectivity index is 2.44. The number of carbonyl (C=O) groups is 1. The Morgan fingerprint density at radius 3 is 2.62 bits per heavy atom. The molecule has 1 aliphatic rings. The minimum Gasteiger partial charge on any atom is -0.493 e. The van der Waals surface area contributed by atoms with E-state index >= 15 is 0 Å². The van der Waals surface area contributed by atoms with Gasteiger partial charge >= 0.3 is 0 Å². The highest BCUT2D eigenvalue weighted by atomic mass is 35.7. The average molecular weight is 332 g/mol. The number of fused-ring (bicyclic) bond motifs is 1. The third-order valence-corrected chi connectivity index (χ3v) is 5.03. The summed E-state index contributed by atoms with van der Waals surface area (Å²) in [4.78, 5) is 14.3. The van der Waals surface area contributed by atoms with Crippen molar-refractivity contribution in [2.75, 3.05) is 19.7 Å². The maximum absolute atomic E-state index is 12.6. The minimum absolute atomic E-state index is 0.00586. The Hall–Kier alpha value is -1.27. The monoisotopic (exact) mass is 331 g/mol. The average Bonchev–Trinajstić information content (AvgIpc) is 2.46. The van der Waals surface area contributed by atoms with Crippen molar-refractivity contribution in [1.29, 1.82) is 0 Å². The summed E-state index contributed by atoms with van der Waals surface area (Å²) in [6, 6.07) is 4.40. The number of ether oxygens (including phenoxy) is 1. The quantitative estimate of drug-likeness (QED) is 0.794. The highest BCUT2D eigenvalue weighted by Crippen LogP contribution is 2.37. The molecule has 0 spiro atoms. The van der Waals surface area contributed by atoms with Gasteiger partial charge < -0.3 is 9.64 Å². The smallest absolute Gasteiger partial charge is 0.261 e. The highest BCUT2D eigenvalue weighted by molar-refractivity contribution is 8.13. The van der Waals surface area contributed by atoms with Crippen LogP contribution in [0.2, 0.25) is 0 Å². The molecular weight excluding hydrogens is 314 g/mol. The summed E-state index contributed by atoms with van der Waals surface area (Å²) < 4.78 is 28.5. The second kappa shape index (κ2) is 6.23. The first-order valence-electron chi connectivity index (χ1n) is 6.88. The van der Waals surface area contributed by atoms with Crippen LogP contribution in [0.4, 0.5) is 0 Å². The molecular formula is C14H18ClNO4S. The molecule has 1 heterocycles. The summed E-state index contributed by atoms with van der Waals surface area (Å²) in [5.74, 6) is 0.163. The van der Waals surface area contributed by atoms with Gasteiger partial charge in [0.2, 0.25) is 5.91 Å². The van der Waals surface area contributed by atoms with Gasteiger partial charge in [0.25, 0.3) is 9.05 Å². The Bertz CT molecular complexity index is 640. The molecule has 116 valence electrons. The standard InChI is InChI=1S/C14H18ClNO4S/c1-3-16(4-2)14(17)11-7-8-20-13-6-5-10(9-12(11)13)21(15,18)19/h5-6,9,11H,3-4,7-8H2,1-2H3. The van der Waals surface area contributed by atoms with E-state index in [9.17, 15) is 13.2 Å². The van der Waals surface area contributed by atoms with Gasteiger partial charge in [-0.1, -0.05) is 0 Å². The van der Waals surface area contributed by atoms with Gasteiger partial charge in [-0.05, 0) is 38.5 Å². The molecule has 0 aromatic heterocycles. The van der Waals surface area contributed by atoms with Gasteiger partial charge in [-0.15, -0.1) is 0 Å². The number of likely N-dealkylation sites (N-methyl/N-ethyl adjacent to an activating group) is 1. The number of hydrogen-bond donors (Lipinski definition) is 0. The van der Waals surface area contributed by atoms with Gasteiger partial charge in [0.1, 0.15) is 5.75 Å². The lowest BCUT2D eigenvalue weighted by molar-refractivity contribution is -0.133. The number of halogens is 1. The molecule has 0 N–H and O–H groups in total. The molecule has 1 aromatic rings. The van der Waals surface area contributed by atoms with Gasteiger partial charge in [0.05, 0.1) is 17.4 Å². The van der Waals surface area contributed by atoms with Crippen LogP contribution in [0.3, 0.4) is 0 Å². The molecule has 21 heavy (non-hydrogen) atoms. The molecule has 0 radical (unpaired) electrons. The number of nitrogens with zero attached hydrogens (tertiary/aromatic N) is 1. The molecule has 0 fully saturated rings. The predicted molar refractivity (Wildman–Crippen MR) is 80.3 cm³/mol. The highest BCUT2D eigenvalue weighted by Gasteiger charge is 2.31. The first-order valence-corrected chi connectivity index (χ1v) is 9.19. The van der Waals surface area contributed by atoms with Gasteiger partial charge in [0.15, 0.2) is 0 Å². The van der Waals surface area contributed by atoms with Crippen LogP contribution in [0.25, 0.3) is 0 Å². The van der Waals surface area contributed by atoms with Crippen LogP contribution in [0, 0.1) is 0 Å². The molecule has 1 aromatic carbocycles. The van der Waals surface area contributed by atoms with Crippen molar-refractivity contribution in [3.05, 3.63) is 23.8 Å². The largest absolute Gasteiger partial charge is 0.493 e. The number of rotatable bonds is 4. The zero-order valence-electron chi connectivity index (χ0n) is 12.0. The van der Waals surface area contributed by atoms with Gasteiger partial charge in [0, 0.05) is 29.3 Å². The number of amides is 1. The fraction of sp³-hybridized carbons (Fsp3) is 0.500. The van der Waals surface area contributed by atoms with Crippen molar-refractivity contribution in [1.82, 2.24) is 4.90 Å². The Morgan fingerprint density at radius 1 is 1.38 bits per heavy atom. The van der Waals surface area contributed by atoms with Crippen LogP contribution in [-0.4, -0.2) is 38.9 Å². The van der Waals surface area contributed by atoms with Crippen LogP contribution in [0.1, 0.15) is 31.7 Å². The van der Waals surface area contributed by atoms with Crippen molar-refractivity contribution >= 4 is 25.6 Å². The summed E-state index contributed by atoms with van der Waals surface area (Å²) >= 11 is 0. The van der Waals surface area contributed by atoms with Crippen LogP contribution in [0.5, 0.6) is 5.75 Å². The van der Waals surface area contributed by atoms with E-state index in [0.29, 0.717) is 37.4 Å². The van der Waals surface area contributed by atoms with Crippen molar-refractivity contribution < 1.29 is 17.9 Å². The van der Waals surface area contributed by atoms with Crippen LogP contribution in [0.15, 0.2) is 23.1 Å². The molecule has 0 saturated heterocycles. The normalized spacial score (nSPS) is 17.8. The zero-order valence-corrected chi connectivity index (χ0v) is 13.6. The van der Waals surface area contributed by atoms with E-state index in [-0.39, 0.29) is 16.7 Å². The molecule has 7 heteroatoms. The van der Waals surface area contributed by atoms with Crippen LogP contribution < -0.4 is 4.74 Å². The Labute approximate surface area is 129 Å². The molecule has 1 atom stereocenters. The Kier molecular flexibility index (Phi) is 4.78. The number of carbonyl (C=O) groups excluding carboxylic acids is 1. The third-order valence-electron chi connectivity index (χ3n) is 3.68. The van der Waals surface area contributed by atoms with Crippen LogP contribution in [-0.2, 0) is 13.8 Å². The molecule has 1 aliphatic heterocycles. The fourth-order valence-electron chi connectivity index (χ4n) is 2.54. The van der Waals surface area contributed by atoms with E-state index in [0.717, 1.165) is 0 Å². The van der Waals surface area contributed by atoms with Crippen molar-refractivity contribution in [2.45, 2.75) is 31.1 Å². The summed E-state index contributed by atoms with van der Waals surface area (Å²) in [6.45, 7) is 5.52. The SMILES string of the molecule is CCN(CC)C(=O)C1CCOc2ccc(S(=O)(=O)Cl)cc21. The number of benzene rings is 1. The van der Waals surface area contributed by atoms with E-state index in [2.05, 4.69) is 0 Å². The van der Waals surface area contributed by atoms with Crippen molar-refractivity contribution in [3.8, 4) is 5.75 Å². The van der Waals surface area contributed by atoms with E-state index in [1.54, 1.807) is 11.0 Å². The molecule has 1 amide bonds.